The number of nitrogens with two attached hydrogens (primary N) is 1. The van der Waals surface area contributed by atoms with Crippen LogP contribution in [0.15, 0.2) is 30.3 Å². The van der Waals surface area contributed by atoms with E-state index in [4.69, 9.17) is 5.73 Å². The number of nitrogens with one attached hydrogen (secondary N) is 1. The van der Waals surface area contributed by atoms with Crippen LogP contribution < -0.4 is 11.1 Å². The number of nitrogens with zero attached hydrogens (tertiary/aromatic N) is 1. The number of rotatable bonds is 9. The molecule has 3 N–H and O–H groups in total. The molecule has 1 unspecified atom stereocenters. The zero-order chi connectivity index (χ0) is 15.7. The Bertz CT molecular complexity index is 404. The zero-order valence-electron chi connectivity index (χ0n) is 13.5. The third-order valence-electron chi connectivity index (χ3n) is 3.84. The largest absolute Gasteiger partial charge is 0.353 e. The monoisotopic (exact) mass is 291 g/mol. The first-order chi connectivity index (χ1) is 10.1. The topological polar surface area (TPSA) is 58.4 Å². The summed E-state index contributed by atoms with van der Waals surface area (Å²) in [6.45, 7) is 8.83. The molecule has 0 bridgehead atoms. The second-order valence-electron chi connectivity index (χ2n) is 5.29. The van der Waals surface area contributed by atoms with E-state index in [0.29, 0.717) is 6.54 Å². The Kier molecular flexibility index (Phi) is 8.01. The molecule has 0 spiro atoms. The van der Waals surface area contributed by atoms with Gasteiger partial charge >= 0.3 is 0 Å². The average Bonchev–Trinajstić information content (AvgIpc) is 2.52. The molecule has 0 fully saturated rings. The van der Waals surface area contributed by atoms with Crippen LogP contribution in [0.3, 0.4) is 0 Å². The van der Waals surface area contributed by atoms with Gasteiger partial charge in [-0.15, -0.1) is 0 Å². The first-order valence-corrected chi connectivity index (χ1v) is 7.96. The lowest BCUT2D eigenvalue weighted by Gasteiger charge is -2.30. The van der Waals surface area contributed by atoms with Crippen molar-refractivity contribution < 1.29 is 4.79 Å². The van der Waals surface area contributed by atoms with Crippen LogP contribution in [0, 0.1) is 0 Å². The average molecular weight is 291 g/mol. The lowest BCUT2D eigenvalue weighted by atomic mass is 10.0. The molecule has 0 saturated carbocycles. The minimum Gasteiger partial charge on any atom is -0.353 e. The van der Waals surface area contributed by atoms with Crippen LogP contribution in [-0.2, 0) is 4.79 Å². The number of carbonyl (C=O) groups is 1. The SMILES string of the molecule is CCC[C@H](N)C(=O)NCC(c1ccccc1)N(CC)CC. The van der Waals surface area contributed by atoms with Crippen LogP contribution in [-0.4, -0.2) is 36.5 Å². The Hall–Kier alpha value is -1.39. The summed E-state index contributed by atoms with van der Waals surface area (Å²) in [5.74, 6) is -0.0510. The number of benzene rings is 1. The molecule has 0 aromatic heterocycles. The maximum absolute atomic E-state index is 12.0. The molecule has 4 nitrogen and oxygen atoms in total. The molecule has 0 aliphatic heterocycles. The van der Waals surface area contributed by atoms with Gasteiger partial charge in [-0.05, 0) is 25.1 Å². The van der Waals surface area contributed by atoms with Crippen molar-refractivity contribution in [3.63, 3.8) is 0 Å². The van der Waals surface area contributed by atoms with Gasteiger partial charge in [0, 0.05) is 6.54 Å². The summed E-state index contributed by atoms with van der Waals surface area (Å²) in [6, 6.07) is 10.1. The van der Waals surface area contributed by atoms with E-state index in [1.807, 2.05) is 25.1 Å². The van der Waals surface area contributed by atoms with Crippen LogP contribution in [0.2, 0.25) is 0 Å². The van der Waals surface area contributed by atoms with Crippen LogP contribution in [0.25, 0.3) is 0 Å². The quantitative estimate of drug-likeness (QED) is 0.734. The van der Waals surface area contributed by atoms with E-state index in [2.05, 4.69) is 36.2 Å². The first-order valence-electron chi connectivity index (χ1n) is 7.96. The molecular weight excluding hydrogens is 262 g/mol. The van der Waals surface area contributed by atoms with Crippen molar-refractivity contribution in [1.29, 1.82) is 0 Å². The van der Waals surface area contributed by atoms with E-state index in [0.717, 1.165) is 25.9 Å². The van der Waals surface area contributed by atoms with Crippen molar-refractivity contribution in [3.8, 4) is 0 Å². The number of amides is 1. The first kappa shape index (κ1) is 17.7. The van der Waals surface area contributed by atoms with E-state index in [-0.39, 0.29) is 11.9 Å². The Morgan fingerprint density at radius 2 is 1.81 bits per heavy atom. The molecule has 4 heteroatoms. The maximum Gasteiger partial charge on any atom is 0.236 e. The molecule has 1 amide bonds. The lowest BCUT2D eigenvalue weighted by Crippen LogP contribution is -2.44. The highest BCUT2D eigenvalue weighted by atomic mass is 16.2. The summed E-state index contributed by atoms with van der Waals surface area (Å²) < 4.78 is 0. The minimum atomic E-state index is -0.400. The smallest absolute Gasteiger partial charge is 0.236 e. The van der Waals surface area contributed by atoms with E-state index < -0.39 is 6.04 Å². The van der Waals surface area contributed by atoms with Crippen LogP contribution in [0.5, 0.6) is 0 Å². The van der Waals surface area contributed by atoms with E-state index >= 15 is 0 Å². The second-order valence-corrected chi connectivity index (χ2v) is 5.29. The molecule has 0 saturated heterocycles. The van der Waals surface area contributed by atoms with Gasteiger partial charge in [0.15, 0.2) is 0 Å². The fourth-order valence-electron chi connectivity index (χ4n) is 2.57. The molecule has 2 atom stereocenters. The molecule has 21 heavy (non-hydrogen) atoms. The molecule has 1 rings (SSSR count). The fourth-order valence-corrected chi connectivity index (χ4v) is 2.57. The standard InChI is InChI=1S/C17H29N3O/c1-4-10-15(18)17(21)19-13-16(20(5-2)6-3)14-11-8-7-9-12-14/h7-9,11-12,15-16H,4-6,10,13,18H2,1-3H3,(H,19,21)/t15-,16?/m0/s1. The molecule has 0 aliphatic carbocycles. The highest BCUT2D eigenvalue weighted by molar-refractivity contribution is 5.81. The maximum atomic E-state index is 12.0. The summed E-state index contributed by atoms with van der Waals surface area (Å²) in [4.78, 5) is 14.4. The van der Waals surface area contributed by atoms with Crippen LogP contribution in [0.1, 0.15) is 45.2 Å². The van der Waals surface area contributed by atoms with Crippen molar-refractivity contribution in [2.75, 3.05) is 19.6 Å². The summed E-state index contributed by atoms with van der Waals surface area (Å²) in [5.41, 5.74) is 7.10. The van der Waals surface area contributed by atoms with Gasteiger partial charge in [0.2, 0.25) is 5.91 Å². The van der Waals surface area contributed by atoms with Gasteiger partial charge in [-0.1, -0.05) is 57.5 Å². The molecule has 0 radical (unpaired) electrons. The predicted molar refractivity (Wildman–Crippen MR) is 88.0 cm³/mol. The molecule has 1 aromatic carbocycles. The highest BCUT2D eigenvalue weighted by Gasteiger charge is 2.20. The van der Waals surface area contributed by atoms with Gasteiger partial charge < -0.3 is 11.1 Å². The second kappa shape index (κ2) is 9.53. The Morgan fingerprint density at radius 3 is 2.33 bits per heavy atom. The van der Waals surface area contributed by atoms with Gasteiger partial charge in [-0.2, -0.15) is 0 Å². The van der Waals surface area contributed by atoms with Gasteiger partial charge in [0.1, 0.15) is 0 Å². The number of hydrogen-bond acceptors (Lipinski definition) is 3. The summed E-state index contributed by atoms with van der Waals surface area (Å²) in [7, 11) is 0. The Balaban J connectivity index is 2.72. The predicted octanol–water partition coefficient (Wildman–Crippen LogP) is 2.31. The summed E-state index contributed by atoms with van der Waals surface area (Å²) >= 11 is 0. The summed E-state index contributed by atoms with van der Waals surface area (Å²) in [5, 5.41) is 3.01. The van der Waals surface area contributed by atoms with Gasteiger partial charge in [0.05, 0.1) is 12.1 Å². The van der Waals surface area contributed by atoms with Gasteiger partial charge in [0.25, 0.3) is 0 Å². The van der Waals surface area contributed by atoms with Crippen LogP contribution >= 0.6 is 0 Å². The molecule has 0 heterocycles. The van der Waals surface area contributed by atoms with Crippen molar-refractivity contribution >= 4 is 5.91 Å². The zero-order valence-corrected chi connectivity index (χ0v) is 13.5. The fraction of sp³-hybridized carbons (Fsp3) is 0.588. The Labute approximate surface area is 128 Å². The number of likely N-dealkylation sites (N-methyl/N-ethyl adjacent to an activating group) is 1. The highest BCUT2D eigenvalue weighted by Crippen LogP contribution is 2.19. The molecule has 0 aliphatic rings. The van der Waals surface area contributed by atoms with E-state index in [9.17, 15) is 4.79 Å². The molecular formula is C17H29N3O. The van der Waals surface area contributed by atoms with Crippen LogP contribution in [0.4, 0.5) is 0 Å². The van der Waals surface area contributed by atoms with Crippen molar-refractivity contribution in [1.82, 2.24) is 10.2 Å². The lowest BCUT2D eigenvalue weighted by molar-refractivity contribution is -0.122. The summed E-state index contributed by atoms with van der Waals surface area (Å²) in [6.07, 6.45) is 1.65. The molecule has 1 aromatic rings. The third kappa shape index (κ3) is 5.48. The Morgan fingerprint density at radius 1 is 1.19 bits per heavy atom. The van der Waals surface area contributed by atoms with Gasteiger partial charge in [-0.3, -0.25) is 9.69 Å². The normalized spacial score (nSPS) is 14.0. The third-order valence-corrected chi connectivity index (χ3v) is 3.84. The van der Waals surface area contributed by atoms with E-state index in [1.165, 1.54) is 5.56 Å². The molecule has 118 valence electrons. The number of carbonyl (C=O) groups excluding carboxylic acids is 1. The van der Waals surface area contributed by atoms with Crippen molar-refractivity contribution in [2.24, 2.45) is 5.73 Å². The number of hydrogen-bond donors (Lipinski definition) is 2. The van der Waals surface area contributed by atoms with Gasteiger partial charge in [-0.25, -0.2) is 0 Å². The minimum absolute atomic E-state index is 0.0510. The van der Waals surface area contributed by atoms with E-state index in [1.54, 1.807) is 0 Å². The van der Waals surface area contributed by atoms with Crippen molar-refractivity contribution in [3.05, 3.63) is 35.9 Å². The van der Waals surface area contributed by atoms with Crippen molar-refractivity contribution in [2.45, 2.75) is 45.7 Å².